The molecule has 2 aromatic carbocycles. The molecule has 0 fully saturated rings. The van der Waals surface area contributed by atoms with Gasteiger partial charge in [-0.1, -0.05) is 11.1 Å². The summed E-state index contributed by atoms with van der Waals surface area (Å²) in [5, 5.41) is 0. The first kappa shape index (κ1) is 40.6. The second-order valence-corrected chi connectivity index (χ2v) is 6.51. The molecule has 2 rings (SSSR count). The number of hydrogen-bond donors (Lipinski definition) is 0. The molecule has 0 bridgehead atoms. The van der Waals surface area contributed by atoms with Crippen LogP contribution in [-0.4, -0.2) is 63.1 Å². The van der Waals surface area contributed by atoms with Crippen LogP contribution in [0.2, 0.25) is 0 Å². The molecule has 13 heteroatoms. The van der Waals surface area contributed by atoms with Crippen LogP contribution >= 0.6 is 0 Å². The molecule has 0 heterocycles. The first-order valence-electron chi connectivity index (χ1n) is 10.4. The number of rotatable bonds is 12. The van der Waals surface area contributed by atoms with Crippen LogP contribution in [0.15, 0.2) is 24.3 Å². The summed E-state index contributed by atoms with van der Waals surface area (Å²) in [6.45, 7) is 1.90. The molecule has 212 valence electrons. The second kappa shape index (κ2) is 21.9. The Bertz CT molecular complexity index is 983. The van der Waals surface area contributed by atoms with Crippen LogP contribution in [0.5, 0.6) is 0 Å². The van der Waals surface area contributed by atoms with Gasteiger partial charge in [0.25, 0.3) is 0 Å². The number of Topliss-reactive ketones (excluding diaryl/α,β-unsaturated/α-hetero) is 2. The van der Waals surface area contributed by atoms with Gasteiger partial charge in [-0.2, -0.15) is 12.1 Å². The molecule has 0 atom stereocenters. The fraction of sp³-hybridized carbons (Fsp3) is 0.308. The van der Waals surface area contributed by atoms with E-state index in [9.17, 15) is 36.7 Å². The Morgan fingerprint density at radius 1 is 0.641 bits per heavy atom. The fourth-order valence-electron chi connectivity index (χ4n) is 2.33. The monoisotopic (exact) mass is 592 g/mol. The third-order valence-electron chi connectivity index (χ3n) is 3.84. The van der Waals surface area contributed by atoms with Crippen LogP contribution in [0.4, 0.5) is 17.6 Å². The van der Waals surface area contributed by atoms with E-state index < -0.39 is 73.2 Å². The van der Waals surface area contributed by atoms with E-state index >= 15 is 0 Å². The van der Waals surface area contributed by atoms with Crippen LogP contribution in [0.25, 0.3) is 0 Å². The van der Waals surface area contributed by atoms with Crippen LogP contribution in [0, 0.1) is 50.3 Å². The van der Waals surface area contributed by atoms with Crippen LogP contribution < -0.4 is 0 Å². The summed E-state index contributed by atoms with van der Waals surface area (Å²) in [5.41, 5.74) is -0.666. The maximum atomic E-state index is 13.1. The summed E-state index contributed by atoms with van der Waals surface area (Å²) < 4.78 is 70.0. The summed E-state index contributed by atoms with van der Waals surface area (Å²) in [4.78, 5) is 44.7. The third kappa shape index (κ3) is 15.9. The molecule has 0 saturated carbocycles. The Morgan fingerprint density at radius 3 is 1.26 bits per heavy atom. The molecule has 0 unspecified atom stereocenters. The van der Waals surface area contributed by atoms with E-state index in [4.69, 9.17) is 9.47 Å². The molecule has 0 aliphatic rings. The molecule has 0 amide bonds. The molecule has 0 radical (unpaired) electrons. The van der Waals surface area contributed by atoms with E-state index in [-0.39, 0.29) is 60.9 Å². The van der Waals surface area contributed by atoms with Gasteiger partial charge in [0.2, 0.25) is 0 Å². The van der Waals surface area contributed by atoms with Crippen molar-refractivity contribution < 1.29 is 77.4 Å². The van der Waals surface area contributed by atoms with Crippen molar-refractivity contribution >= 4 is 23.5 Å². The zero-order valence-corrected chi connectivity index (χ0v) is 23.4. The summed E-state index contributed by atoms with van der Waals surface area (Å²) in [7, 11) is 0. The van der Waals surface area contributed by atoms with E-state index in [1.165, 1.54) is 0 Å². The molecule has 0 aliphatic carbocycles. The number of esters is 2. The number of carbonyl (C=O) groups is 4. The number of ketones is 2. The quantitative estimate of drug-likeness (QED) is 0.120. The van der Waals surface area contributed by atoms with Gasteiger partial charge in [-0.05, 0) is 13.8 Å². The number of carbonyl (C=O) groups excluding carboxylic acids is 4. The zero-order valence-electron chi connectivity index (χ0n) is 21.8. The standard InChI is InChI=1S/2C12H11F2O4.2CH3.Ti/c2*1-2-18-12(16)7-17-6-11(15)9-4-3-8(13)5-10(9)14;;;/h2*3-4H,2,6-7H2,1H3;2*1H3;/q4*-1;+4. The number of hydrogen-bond acceptors (Lipinski definition) is 8. The van der Waals surface area contributed by atoms with Gasteiger partial charge in [-0.25, -0.2) is 27.2 Å². The maximum absolute atomic E-state index is 13.1. The van der Waals surface area contributed by atoms with Crippen LogP contribution in [0.1, 0.15) is 34.6 Å². The minimum Gasteiger partial charge on any atom is -0.464 e. The zero-order chi connectivity index (χ0) is 27.1. The predicted molar refractivity (Wildman–Crippen MR) is 127 cm³/mol. The summed E-state index contributed by atoms with van der Waals surface area (Å²) in [5.74, 6) is -6.58. The Labute approximate surface area is 239 Å². The molecule has 8 nitrogen and oxygen atoms in total. The van der Waals surface area contributed by atoms with Crippen molar-refractivity contribution in [3.63, 3.8) is 0 Å². The molecule has 0 aromatic heterocycles. The minimum atomic E-state index is -1.08. The Kier molecular flexibility index (Phi) is 22.8. The van der Waals surface area contributed by atoms with Gasteiger partial charge in [0.15, 0.2) is 0 Å². The van der Waals surface area contributed by atoms with Crippen molar-refractivity contribution in [2.45, 2.75) is 13.8 Å². The average Bonchev–Trinajstić information content (AvgIpc) is 2.79. The first-order chi connectivity index (χ1) is 17.1. The van der Waals surface area contributed by atoms with Gasteiger partial charge in [0.05, 0.1) is 26.4 Å². The van der Waals surface area contributed by atoms with Gasteiger partial charge in [-0.3, -0.25) is 0 Å². The van der Waals surface area contributed by atoms with Crippen molar-refractivity contribution in [3.8, 4) is 0 Å². The smallest absolute Gasteiger partial charge is 0.464 e. The minimum absolute atomic E-state index is 0. The van der Waals surface area contributed by atoms with Gasteiger partial charge < -0.3 is 43.4 Å². The molecule has 2 aromatic rings. The van der Waals surface area contributed by atoms with E-state index in [1.807, 2.05) is 0 Å². The number of benzene rings is 2. The molecule has 39 heavy (non-hydrogen) atoms. The van der Waals surface area contributed by atoms with Crippen LogP contribution in [0.3, 0.4) is 0 Å². The Balaban J connectivity index is -0.000000617. The number of halogens is 4. The van der Waals surface area contributed by atoms with Crippen LogP contribution in [-0.2, 0) is 50.3 Å². The Morgan fingerprint density at radius 2 is 0.974 bits per heavy atom. The molecule has 0 saturated heterocycles. The maximum Gasteiger partial charge on any atom is 4.00 e. The first-order valence-corrected chi connectivity index (χ1v) is 10.4. The Hall–Kier alpha value is -2.93. The van der Waals surface area contributed by atoms with Gasteiger partial charge in [-0.15, -0.1) is 24.3 Å². The molecular weight excluding hydrogens is 564 g/mol. The van der Waals surface area contributed by atoms with Crippen molar-refractivity contribution in [1.29, 1.82) is 0 Å². The normalized spacial score (nSPS) is 9.38. The largest absolute Gasteiger partial charge is 4.00 e. The molecule has 0 spiro atoms. The van der Waals surface area contributed by atoms with Gasteiger partial charge in [0, 0.05) is 23.3 Å². The van der Waals surface area contributed by atoms with E-state index in [0.29, 0.717) is 0 Å². The van der Waals surface area contributed by atoms with Crippen molar-refractivity contribution in [2.24, 2.45) is 0 Å². The summed E-state index contributed by atoms with van der Waals surface area (Å²) in [6.07, 6.45) is 0. The summed E-state index contributed by atoms with van der Waals surface area (Å²) >= 11 is 0. The molecular formula is C26H28F4O8Ti. The van der Waals surface area contributed by atoms with Crippen molar-refractivity contribution in [1.82, 2.24) is 0 Å². The SMILES string of the molecule is CCOC(=O)COCC(=O)c1ccc(F)[c-]c1F.CCOC(=O)COCC(=O)c1ccc(F)[c-]c1F.[CH3-].[CH3-].[Ti+4]. The second-order valence-electron chi connectivity index (χ2n) is 6.51. The van der Waals surface area contributed by atoms with Crippen molar-refractivity contribution in [3.05, 3.63) is 85.6 Å². The topological polar surface area (TPSA) is 105 Å². The third-order valence-corrected chi connectivity index (χ3v) is 3.84. The molecule has 0 N–H and O–H groups in total. The predicted octanol–water partition coefficient (Wildman–Crippen LogP) is 3.95. The number of ether oxygens (including phenoxy) is 4. The fourth-order valence-corrected chi connectivity index (χ4v) is 2.33. The van der Waals surface area contributed by atoms with Crippen molar-refractivity contribution in [2.75, 3.05) is 39.6 Å². The van der Waals surface area contributed by atoms with E-state index in [0.717, 1.165) is 24.3 Å². The summed E-state index contributed by atoms with van der Waals surface area (Å²) in [6, 6.07) is 7.31. The van der Waals surface area contributed by atoms with Gasteiger partial charge >= 0.3 is 33.7 Å². The van der Waals surface area contributed by atoms with E-state index in [2.05, 4.69) is 9.47 Å². The average molecular weight is 592 g/mol. The van der Waals surface area contributed by atoms with Gasteiger partial charge in [0.1, 0.15) is 24.8 Å². The molecule has 0 aliphatic heterocycles. The van der Waals surface area contributed by atoms with E-state index in [1.54, 1.807) is 26.0 Å².